The van der Waals surface area contributed by atoms with E-state index < -0.39 is 0 Å². The molecule has 1 aliphatic heterocycles. The van der Waals surface area contributed by atoms with Crippen molar-refractivity contribution in [2.45, 2.75) is 13.5 Å². The van der Waals surface area contributed by atoms with Gasteiger partial charge in [0, 0.05) is 24.2 Å². The predicted octanol–water partition coefficient (Wildman–Crippen LogP) is 1.09. The topological polar surface area (TPSA) is 76.5 Å². The van der Waals surface area contributed by atoms with Gasteiger partial charge in [0.2, 0.25) is 5.91 Å². The predicted molar refractivity (Wildman–Crippen MR) is 89.2 cm³/mol. The number of rotatable bonds is 4. The Labute approximate surface area is 137 Å². The fourth-order valence-corrected chi connectivity index (χ4v) is 3.11. The van der Waals surface area contributed by atoms with Crippen molar-refractivity contribution in [3.8, 4) is 0 Å². The lowest BCUT2D eigenvalue weighted by Crippen LogP contribution is -2.36. The van der Waals surface area contributed by atoms with Crippen molar-refractivity contribution in [2.24, 2.45) is 0 Å². The lowest BCUT2D eigenvalue weighted by Gasteiger charge is -2.27. The number of nitrogens with zero attached hydrogens (tertiary/aromatic N) is 3. The number of amides is 1. The summed E-state index contributed by atoms with van der Waals surface area (Å²) in [5.74, 6) is 0.630. The van der Waals surface area contributed by atoms with Crippen LogP contribution in [0.25, 0.3) is 0 Å². The Kier molecular flexibility index (Phi) is 4.73. The monoisotopic (exact) mass is 334 g/mol. The van der Waals surface area contributed by atoms with Crippen LogP contribution in [0.5, 0.6) is 0 Å². The second kappa shape index (κ2) is 6.93. The molecule has 2 aromatic heterocycles. The van der Waals surface area contributed by atoms with Gasteiger partial charge in [0.15, 0.2) is 0 Å². The molecule has 0 aromatic carbocycles. The number of hydrogen-bond donors (Lipinski definition) is 1. The van der Waals surface area contributed by atoms with Gasteiger partial charge in [0.1, 0.15) is 12.4 Å². The first kappa shape index (κ1) is 15.7. The van der Waals surface area contributed by atoms with E-state index in [1.165, 1.54) is 4.57 Å². The van der Waals surface area contributed by atoms with Crippen LogP contribution in [-0.4, -0.2) is 41.8 Å². The van der Waals surface area contributed by atoms with Gasteiger partial charge in [-0.15, -0.1) is 0 Å². The molecule has 8 heteroatoms. The van der Waals surface area contributed by atoms with Crippen LogP contribution in [0.2, 0.25) is 0 Å². The number of carbonyl (C=O) groups excluding carboxylic acids is 1. The summed E-state index contributed by atoms with van der Waals surface area (Å²) in [5.41, 5.74) is 1.41. The molecule has 0 atom stereocenters. The van der Waals surface area contributed by atoms with Crippen LogP contribution in [0, 0.1) is 6.92 Å². The Hall–Kier alpha value is -2.19. The maximum absolute atomic E-state index is 12.0. The number of anilines is 2. The number of thiazole rings is 1. The molecule has 0 saturated carbocycles. The van der Waals surface area contributed by atoms with Gasteiger partial charge in [0.25, 0.3) is 0 Å². The molecule has 2 aromatic rings. The third kappa shape index (κ3) is 3.77. The first-order valence-electron chi connectivity index (χ1n) is 7.37. The van der Waals surface area contributed by atoms with Gasteiger partial charge in [-0.05, 0) is 19.1 Å². The van der Waals surface area contributed by atoms with E-state index in [1.807, 2.05) is 19.1 Å². The second-order valence-electron chi connectivity index (χ2n) is 5.28. The van der Waals surface area contributed by atoms with Gasteiger partial charge in [-0.25, -0.2) is 4.98 Å². The molecule has 1 N–H and O–H groups in total. The zero-order valence-corrected chi connectivity index (χ0v) is 13.6. The summed E-state index contributed by atoms with van der Waals surface area (Å²) in [4.78, 5) is 30.1. The van der Waals surface area contributed by atoms with Gasteiger partial charge in [-0.1, -0.05) is 11.3 Å². The average molecular weight is 334 g/mol. The van der Waals surface area contributed by atoms with Crippen LogP contribution in [-0.2, 0) is 16.1 Å². The highest BCUT2D eigenvalue weighted by molar-refractivity contribution is 7.07. The molecule has 0 bridgehead atoms. The van der Waals surface area contributed by atoms with E-state index in [1.54, 1.807) is 11.6 Å². The van der Waals surface area contributed by atoms with Gasteiger partial charge in [-0.3, -0.25) is 14.2 Å². The molecular formula is C15H18N4O3S. The van der Waals surface area contributed by atoms with E-state index in [-0.39, 0.29) is 17.3 Å². The minimum atomic E-state index is -0.241. The first-order valence-corrected chi connectivity index (χ1v) is 8.25. The number of morpholine rings is 1. The Bertz CT molecular complexity index is 732. The fraction of sp³-hybridized carbons (Fsp3) is 0.400. The highest BCUT2D eigenvalue weighted by Gasteiger charge is 2.13. The fourth-order valence-electron chi connectivity index (χ4n) is 2.38. The molecule has 1 saturated heterocycles. The van der Waals surface area contributed by atoms with Gasteiger partial charge in [0.05, 0.1) is 25.1 Å². The van der Waals surface area contributed by atoms with Crippen molar-refractivity contribution in [1.29, 1.82) is 0 Å². The molecule has 3 heterocycles. The van der Waals surface area contributed by atoms with E-state index in [0.717, 1.165) is 35.9 Å². The van der Waals surface area contributed by atoms with E-state index >= 15 is 0 Å². The Morgan fingerprint density at radius 2 is 2.17 bits per heavy atom. The maximum atomic E-state index is 12.0. The molecule has 0 radical (unpaired) electrons. The molecule has 1 fully saturated rings. The Balaban J connectivity index is 1.61. The minimum absolute atomic E-state index is 0.0133. The van der Waals surface area contributed by atoms with E-state index in [2.05, 4.69) is 15.2 Å². The molecule has 3 rings (SSSR count). The molecule has 7 nitrogen and oxygen atoms in total. The van der Waals surface area contributed by atoms with Crippen molar-refractivity contribution in [3.63, 3.8) is 0 Å². The summed E-state index contributed by atoms with van der Waals surface area (Å²) in [6.07, 6.45) is 1.63. The van der Waals surface area contributed by atoms with Gasteiger partial charge < -0.3 is 15.0 Å². The highest BCUT2D eigenvalue weighted by Crippen LogP contribution is 2.15. The maximum Gasteiger partial charge on any atom is 0.307 e. The lowest BCUT2D eigenvalue weighted by atomic mass is 10.3. The van der Waals surface area contributed by atoms with Crippen molar-refractivity contribution in [3.05, 3.63) is 39.1 Å². The number of ether oxygens (including phenoxy) is 1. The van der Waals surface area contributed by atoms with Gasteiger partial charge in [-0.2, -0.15) is 0 Å². The molecule has 122 valence electrons. The standard InChI is InChI=1S/C15H18N4O3S/c1-11-10-23-15(21)19(11)9-14(20)17-12-2-3-13(16-8-12)18-4-6-22-7-5-18/h2-3,8,10H,4-7,9H2,1H3,(H,17,20). The number of aromatic nitrogens is 2. The van der Waals surface area contributed by atoms with Crippen molar-refractivity contribution < 1.29 is 9.53 Å². The third-order valence-electron chi connectivity index (χ3n) is 3.64. The van der Waals surface area contributed by atoms with Crippen LogP contribution >= 0.6 is 11.3 Å². The molecule has 0 aliphatic carbocycles. The molecule has 23 heavy (non-hydrogen) atoms. The number of hydrogen-bond acceptors (Lipinski definition) is 6. The zero-order valence-electron chi connectivity index (χ0n) is 12.8. The Morgan fingerprint density at radius 1 is 1.39 bits per heavy atom. The summed E-state index contributed by atoms with van der Waals surface area (Å²) >= 11 is 1.10. The number of nitrogens with one attached hydrogen (secondary N) is 1. The summed E-state index contributed by atoms with van der Waals surface area (Å²) < 4.78 is 6.77. The van der Waals surface area contributed by atoms with Crippen LogP contribution in [0.3, 0.4) is 0 Å². The summed E-state index contributed by atoms with van der Waals surface area (Å²) in [6.45, 7) is 4.87. The highest BCUT2D eigenvalue weighted by atomic mass is 32.1. The summed E-state index contributed by atoms with van der Waals surface area (Å²) in [6, 6.07) is 3.70. The molecular weight excluding hydrogens is 316 g/mol. The Morgan fingerprint density at radius 3 is 2.78 bits per heavy atom. The van der Waals surface area contributed by atoms with E-state index in [4.69, 9.17) is 4.74 Å². The van der Waals surface area contributed by atoms with E-state index in [0.29, 0.717) is 18.9 Å². The lowest BCUT2D eigenvalue weighted by molar-refractivity contribution is -0.116. The summed E-state index contributed by atoms with van der Waals surface area (Å²) in [7, 11) is 0. The van der Waals surface area contributed by atoms with Crippen LogP contribution in [0.15, 0.2) is 28.5 Å². The molecule has 0 unspecified atom stereocenters. The minimum Gasteiger partial charge on any atom is -0.378 e. The first-order chi connectivity index (χ1) is 11.1. The van der Waals surface area contributed by atoms with Crippen LogP contribution in [0.1, 0.15) is 5.69 Å². The third-order valence-corrected chi connectivity index (χ3v) is 4.53. The largest absolute Gasteiger partial charge is 0.378 e. The average Bonchev–Trinajstić information content (AvgIpc) is 2.88. The van der Waals surface area contributed by atoms with Crippen LogP contribution in [0.4, 0.5) is 11.5 Å². The van der Waals surface area contributed by atoms with Crippen LogP contribution < -0.4 is 15.1 Å². The smallest absolute Gasteiger partial charge is 0.307 e. The SMILES string of the molecule is Cc1csc(=O)n1CC(=O)Nc1ccc(N2CCOCC2)nc1. The number of aryl methyl sites for hydroxylation is 1. The zero-order chi connectivity index (χ0) is 16.2. The molecule has 0 spiro atoms. The summed E-state index contributed by atoms with van der Waals surface area (Å²) in [5, 5.41) is 4.51. The van der Waals surface area contributed by atoms with Crippen molar-refractivity contribution >= 4 is 28.7 Å². The van der Waals surface area contributed by atoms with Crippen molar-refractivity contribution in [1.82, 2.24) is 9.55 Å². The molecule has 1 amide bonds. The normalized spacial score (nSPS) is 14.7. The van der Waals surface area contributed by atoms with Crippen molar-refractivity contribution in [2.75, 3.05) is 36.5 Å². The number of carbonyl (C=O) groups is 1. The molecule has 1 aliphatic rings. The van der Waals surface area contributed by atoms with E-state index in [9.17, 15) is 9.59 Å². The second-order valence-corrected chi connectivity index (χ2v) is 6.10. The quantitative estimate of drug-likeness (QED) is 0.906. The van der Waals surface area contributed by atoms with Gasteiger partial charge >= 0.3 is 4.87 Å². The number of pyridine rings is 1.